The molecular weight excluding hydrogens is 985 g/mol. The van der Waals surface area contributed by atoms with Crippen molar-refractivity contribution in [2.45, 2.75) is 182 Å². The van der Waals surface area contributed by atoms with Crippen LogP contribution in [-0.2, 0) is 54.1 Å². The monoisotopic (exact) mass is 1070 g/mol. The van der Waals surface area contributed by atoms with Gasteiger partial charge in [-0.15, -0.1) is 11.3 Å². The molecule has 0 bridgehead atoms. The van der Waals surface area contributed by atoms with E-state index in [0.29, 0.717) is 50.3 Å². The number of nitrogens with one attached hydrogen (secondary N) is 3. The maximum Gasteiger partial charge on any atom is 0.308 e. The third-order valence-corrected chi connectivity index (χ3v) is 14.6. The molecule has 9 atom stereocenters. The van der Waals surface area contributed by atoms with Crippen LogP contribution in [0.1, 0.15) is 160 Å². The summed E-state index contributed by atoms with van der Waals surface area (Å²) in [6.45, 7) is 17.2. The third kappa shape index (κ3) is 22.4. The summed E-state index contributed by atoms with van der Waals surface area (Å²) in [6, 6.07) is 4.83. The molecule has 0 saturated carbocycles. The van der Waals surface area contributed by atoms with Gasteiger partial charge in [0.1, 0.15) is 41.8 Å². The number of hydrogen-bond donors (Lipinski definition) is 5. The number of ether oxygens (including phenoxy) is 5. The van der Waals surface area contributed by atoms with Crippen molar-refractivity contribution in [3.8, 4) is 5.75 Å². The Morgan fingerprint density at radius 1 is 0.920 bits per heavy atom. The number of rotatable bonds is 36. The number of carbonyl (C=O) groups is 6. The summed E-state index contributed by atoms with van der Waals surface area (Å²) in [4.78, 5) is 89.4. The van der Waals surface area contributed by atoms with Gasteiger partial charge < -0.3 is 54.7 Å². The zero-order chi connectivity index (χ0) is 55.5. The number of aromatic nitrogens is 1. The fourth-order valence-corrected chi connectivity index (χ4v) is 9.81. The van der Waals surface area contributed by atoms with E-state index in [1.807, 2.05) is 46.6 Å². The predicted octanol–water partition coefficient (Wildman–Crippen LogP) is 6.49. The third-order valence-electron chi connectivity index (χ3n) is 13.7. The van der Waals surface area contributed by atoms with Crippen molar-refractivity contribution >= 4 is 46.9 Å². The standard InChI is InChI=1S/C55H90N6O13S/c1-11-26-61(54(68)50(37(7)13-3)59-52(67)44-18-15-16-27-60(44)9)45(36(5)6)32-46(71-28-12-2)53-58-43(35-75-53)51(66)57-40(31-39-21-23-41(63)24-22-39)30-38(8)55(69)72-29-25-56-47(64)19-17-20-48(65)73-34-49(70-10)74-42(14-4)33-62/h21-24,35-38,40,42,44-46,49-50,62-63H,11-20,25-34H2,1-10H3,(H,56,64)(H,57,66)(H,59,67)/t37-,38-,40+,42?,44+,45+,46+,49?,50-/m0/s1. The molecule has 2 unspecified atom stereocenters. The Balaban J connectivity index is 1.67. The van der Waals surface area contributed by atoms with Gasteiger partial charge in [0.25, 0.3) is 5.91 Å². The average molecular weight is 1080 g/mol. The molecular formula is C55H90N6O13S. The molecule has 2 heterocycles. The molecule has 2 aromatic rings. The number of phenolic OH excluding ortho intramolecular Hbond substituents is 1. The highest BCUT2D eigenvalue weighted by atomic mass is 32.1. The molecule has 1 saturated heterocycles. The number of amides is 4. The van der Waals surface area contributed by atoms with Crippen molar-refractivity contribution in [3.63, 3.8) is 0 Å². The summed E-state index contributed by atoms with van der Waals surface area (Å²) in [5, 5.41) is 30.5. The minimum atomic E-state index is -0.824. The second-order valence-electron chi connectivity index (χ2n) is 20.1. The molecule has 0 radical (unpaired) electrons. The molecule has 1 aliphatic heterocycles. The fraction of sp³-hybridized carbons (Fsp3) is 0.727. The van der Waals surface area contributed by atoms with E-state index in [1.54, 1.807) is 36.6 Å². The quantitative estimate of drug-likeness (QED) is 0.0278. The van der Waals surface area contributed by atoms with Crippen LogP contribution < -0.4 is 16.0 Å². The van der Waals surface area contributed by atoms with Gasteiger partial charge in [-0.1, -0.05) is 80.4 Å². The largest absolute Gasteiger partial charge is 0.508 e. The Morgan fingerprint density at radius 3 is 2.28 bits per heavy atom. The van der Waals surface area contributed by atoms with E-state index in [0.717, 1.165) is 37.8 Å². The van der Waals surface area contributed by atoms with Crippen LogP contribution in [0.5, 0.6) is 5.75 Å². The van der Waals surface area contributed by atoms with E-state index in [2.05, 4.69) is 34.7 Å². The molecule has 5 N–H and O–H groups in total. The lowest BCUT2D eigenvalue weighted by atomic mass is 9.92. The average Bonchev–Trinajstić information content (AvgIpc) is 3.89. The maximum atomic E-state index is 14.8. The van der Waals surface area contributed by atoms with Gasteiger partial charge in [-0.2, -0.15) is 0 Å². The van der Waals surface area contributed by atoms with Gasteiger partial charge in [-0.05, 0) is 94.5 Å². The number of phenols is 1. The van der Waals surface area contributed by atoms with E-state index in [1.165, 1.54) is 18.4 Å². The van der Waals surface area contributed by atoms with E-state index in [9.17, 15) is 39.0 Å². The normalized spacial score (nSPS) is 17.1. The lowest BCUT2D eigenvalue weighted by Crippen LogP contribution is -2.58. The van der Waals surface area contributed by atoms with Crippen molar-refractivity contribution in [1.82, 2.24) is 30.7 Å². The van der Waals surface area contributed by atoms with Crippen molar-refractivity contribution < 1.29 is 62.7 Å². The van der Waals surface area contributed by atoms with Crippen molar-refractivity contribution in [2.75, 3.05) is 60.2 Å². The first-order valence-corrected chi connectivity index (χ1v) is 28.1. The predicted molar refractivity (Wildman–Crippen MR) is 287 cm³/mol. The van der Waals surface area contributed by atoms with Crippen LogP contribution in [0.25, 0.3) is 0 Å². The van der Waals surface area contributed by atoms with E-state index in [-0.39, 0.29) is 105 Å². The first kappa shape index (κ1) is 64.6. The van der Waals surface area contributed by atoms with E-state index in [4.69, 9.17) is 28.7 Å². The van der Waals surface area contributed by atoms with Gasteiger partial charge in [0.15, 0.2) is 6.29 Å². The highest BCUT2D eigenvalue weighted by molar-refractivity contribution is 7.09. The van der Waals surface area contributed by atoms with Gasteiger partial charge in [-0.3, -0.25) is 33.7 Å². The Bertz CT molecular complexity index is 2020. The molecule has 424 valence electrons. The van der Waals surface area contributed by atoms with Crippen LogP contribution >= 0.6 is 11.3 Å². The molecule has 1 aromatic heterocycles. The molecule has 3 rings (SSSR count). The van der Waals surface area contributed by atoms with Crippen LogP contribution in [-0.4, -0.2) is 157 Å². The van der Waals surface area contributed by atoms with Gasteiger partial charge in [0.2, 0.25) is 17.7 Å². The number of benzene rings is 1. The summed E-state index contributed by atoms with van der Waals surface area (Å²) in [5.41, 5.74) is 1.00. The SMILES string of the molecule is CCCO[C@H](C[C@H](C(C)C)N(CCC)C(=O)[C@@H](NC(=O)[C@H]1CCCCN1C)[C@@H](C)CC)c1nc(C(=O)N[C@@H](Cc2ccc(O)cc2)C[C@H](C)C(=O)OCCNC(=O)CCCC(=O)OCC(OC)OC(CC)CO)cs1. The first-order valence-electron chi connectivity index (χ1n) is 27.2. The first-order chi connectivity index (χ1) is 35.9. The molecule has 0 spiro atoms. The molecule has 4 amide bonds. The number of piperidine rings is 1. The Morgan fingerprint density at radius 2 is 1.65 bits per heavy atom. The summed E-state index contributed by atoms with van der Waals surface area (Å²) in [6.07, 6.45) is 4.95. The van der Waals surface area contributed by atoms with Gasteiger partial charge >= 0.3 is 11.9 Å². The summed E-state index contributed by atoms with van der Waals surface area (Å²) in [5.74, 6) is -2.67. The topological polar surface area (TPSA) is 244 Å². The zero-order valence-corrected chi connectivity index (χ0v) is 47.3. The van der Waals surface area contributed by atoms with Gasteiger partial charge in [0, 0.05) is 57.0 Å². The number of thiazole rings is 1. The van der Waals surface area contributed by atoms with Crippen molar-refractivity contribution in [3.05, 3.63) is 45.9 Å². The number of aliphatic hydroxyl groups excluding tert-OH is 1. The number of hydrogen-bond acceptors (Lipinski definition) is 16. The minimum Gasteiger partial charge on any atom is -0.508 e. The Labute approximate surface area is 449 Å². The number of likely N-dealkylation sites (N-methyl/N-ethyl adjacent to an activating group) is 1. The van der Waals surface area contributed by atoms with Gasteiger partial charge in [-0.25, -0.2) is 4.98 Å². The van der Waals surface area contributed by atoms with Gasteiger partial charge in [0.05, 0.1) is 31.2 Å². The summed E-state index contributed by atoms with van der Waals surface area (Å²) in [7, 11) is 3.37. The fourth-order valence-electron chi connectivity index (χ4n) is 8.95. The molecule has 20 heteroatoms. The number of methoxy groups -OCH3 is 1. The van der Waals surface area contributed by atoms with Crippen LogP contribution in [0.15, 0.2) is 29.6 Å². The molecule has 1 fully saturated rings. The molecule has 1 aromatic carbocycles. The summed E-state index contributed by atoms with van der Waals surface area (Å²) < 4.78 is 27.9. The molecule has 1 aliphatic rings. The minimum absolute atomic E-state index is 0.00539. The van der Waals surface area contributed by atoms with Crippen LogP contribution in [0, 0.1) is 17.8 Å². The lowest BCUT2D eigenvalue weighted by molar-refractivity contribution is -0.194. The molecule has 19 nitrogen and oxygen atoms in total. The number of likely N-dealkylation sites (tertiary alicyclic amines) is 1. The highest BCUT2D eigenvalue weighted by Gasteiger charge is 2.38. The summed E-state index contributed by atoms with van der Waals surface area (Å²) >= 11 is 1.31. The molecule has 0 aliphatic carbocycles. The van der Waals surface area contributed by atoms with Crippen LogP contribution in [0.4, 0.5) is 0 Å². The number of nitrogens with zero attached hydrogens (tertiary/aromatic N) is 3. The number of aliphatic hydroxyl groups is 1. The Kier molecular flexibility index (Phi) is 30.0. The number of aromatic hydroxyl groups is 1. The van der Waals surface area contributed by atoms with Crippen molar-refractivity contribution in [1.29, 1.82) is 0 Å². The lowest BCUT2D eigenvalue weighted by Gasteiger charge is -2.40. The van der Waals surface area contributed by atoms with Crippen LogP contribution in [0.3, 0.4) is 0 Å². The smallest absolute Gasteiger partial charge is 0.308 e. The van der Waals surface area contributed by atoms with Crippen molar-refractivity contribution in [2.24, 2.45) is 17.8 Å². The molecule has 75 heavy (non-hydrogen) atoms. The van der Waals surface area contributed by atoms with Crippen LogP contribution in [0.2, 0.25) is 0 Å². The second kappa shape index (κ2) is 34.8. The zero-order valence-electron chi connectivity index (χ0n) is 46.4. The van der Waals surface area contributed by atoms with E-state index >= 15 is 0 Å². The number of carbonyl (C=O) groups excluding carboxylic acids is 6. The second-order valence-corrected chi connectivity index (χ2v) is 21.0. The highest BCUT2D eigenvalue weighted by Crippen LogP contribution is 2.32. The van der Waals surface area contributed by atoms with E-state index < -0.39 is 54.3 Å². The Hall–Kier alpha value is -4.73. The maximum absolute atomic E-state index is 14.8. The number of esters is 2.